The van der Waals surface area contributed by atoms with Gasteiger partial charge in [0.25, 0.3) is 0 Å². The Labute approximate surface area is 218 Å². The first-order valence-corrected chi connectivity index (χ1v) is 14.9. The van der Waals surface area contributed by atoms with Crippen molar-refractivity contribution in [3.63, 3.8) is 0 Å². The first-order chi connectivity index (χ1) is 17.3. The molecule has 2 aromatic rings. The van der Waals surface area contributed by atoms with Crippen molar-refractivity contribution in [3.05, 3.63) is 96.2 Å². The molecule has 2 aliphatic heterocycles. The molecule has 0 saturated carbocycles. The Balaban J connectivity index is 1.64. The summed E-state index contributed by atoms with van der Waals surface area (Å²) in [5, 5.41) is 0. The van der Waals surface area contributed by atoms with Crippen LogP contribution in [-0.4, -0.2) is 67.5 Å². The van der Waals surface area contributed by atoms with E-state index in [1.807, 2.05) is 13.0 Å². The molecule has 0 aromatic heterocycles. The lowest BCUT2D eigenvalue weighted by Gasteiger charge is -2.51. The smallest absolute Gasteiger partial charge is 0.232 e. The molecule has 0 aliphatic carbocycles. The molecule has 6 heteroatoms. The second-order valence-corrected chi connectivity index (χ2v) is 12.4. The summed E-state index contributed by atoms with van der Waals surface area (Å²) in [5.41, 5.74) is 3.16. The molecule has 2 aromatic carbocycles. The molecule has 3 atom stereocenters. The zero-order chi connectivity index (χ0) is 25.8. The highest BCUT2D eigenvalue weighted by atomic mass is 32.2. The fraction of sp³-hybridized carbons (Fsp3) is 0.467. The van der Waals surface area contributed by atoms with Crippen LogP contribution in [0.15, 0.2) is 85.1 Å². The van der Waals surface area contributed by atoms with E-state index in [1.165, 1.54) is 17.4 Å². The van der Waals surface area contributed by atoms with E-state index in [1.54, 1.807) is 10.4 Å². The predicted octanol–water partition coefficient (Wildman–Crippen LogP) is 4.79. The highest BCUT2D eigenvalue weighted by Gasteiger charge is 2.55. The lowest BCUT2D eigenvalue weighted by atomic mass is 9.68. The lowest BCUT2D eigenvalue weighted by Crippen LogP contribution is -2.59. The molecule has 0 amide bonds. The van der Waals surface area contributed by atoms with Crippen molar-refractivity contribution in [2.24, 2.45) is 11.3 Å². The first kappa shape index (κ1) is 26.6. The minimum Gasteiger partial charge on any atom is -0.302 e. The number of allylic oxidation sites excluding steroid dienone is 2. The molecular formula is C30H41N3O2S. The van der Waals surface area contributed by atoms with Gasteiger partial charge in [0.15, 0.2) is 0 Å². The Morgan fingerprint density at radius 2 is 1.69 bits per heavy atom. The molecule has 0 radical (unpaired) electrons. The van der Waals surface area contributed by atoms with Gasteiger partial charge in [0, 0.05) is 43.8 Å². The molecule has 3 unspecified atom stereocenters. The van der Waals surface area contributed by atoms with Gasteiger partial charge in [-0.1, -0.05) is 73.3 Å². The van der Waals surface area contributed by atoms with Gasteiger partial charge in [0.2, 0.25) is 10.0 Å². The van der Waals surface area contributed by atoms with Crippen molar-refractivity contribution in [2.45, 2.75) is 39.3 Å². The third kappa shape index (κ3) is 5.77. The molecule has 2 fully saturated rings. The van der Waals surface area contributed by atoms with Crippen molar-refractivity contribution in [2.75, 3.05) is 39.0 Å². The average molecular weight is 508 g/mol. The highest BCUT2D eigenvalue weighted by molar-refractivity contribution is 7.88. The number of benzene rings is 2. The first-order valence-electron chi connectivity index (χ1n) is 13.1. The highest BCUT2D eigenvalue weighted by Crippen LogP contribution is 2.48. The molecule has 4 rings (SSSR count). The minimum atomic E-state index is -3.47. The second-order valence-electron chi connectivity index (χ2n) is 10.5. The van der Waals surface area contributed by atoms with Crippen LogP contribution >= 0.6 is 0 Å². The van der Waals surface area contributed by atoms with Crippen molar-refractivity contribution in [1.29, 1.82) is 0 Å². The number of rotatable bonds is 10. The maximum atomic E-state index is 13.1. The van der Waals surface area contributed by atoms with Gasteiger partial charge < -0.3 is 4.90 Å². The van der Waals surface area contributed by atoms with Crippen LogP contribution in [0, 0.1) is 11.3 Å². The van der Waals surface area contributed by atoms with Crippen molar-refractivity contribution in [1.82, 2.24) is 14.1 Å². The van der Waals surface area contributed by atoms with Crippen molar-refractivity contribution >= 4 is 10.0 Å². The Hall–Kier alpha value is -2.41. The Kier molecular flexibility index (Phi) is 8.38. The number of sulfonamides is 1. The standard InChI is InChI=1S/C30H41N3O2S/c1-5-29(6-2)33(36(4,34)35)25(3)30-23-31(19-17-26-13-9-7-10-14-26)20-18-28(30)22-32(24-30)21-27-15-11-8-12-16-27/h5-16,25,28H,1,17-24H2,2-4H3/b29-6+. The van der Waals surface area contributed by atoms with E-state index < -0.39 is 10.0 Å². The topological polar surface area (TPSA) is 43.9 Å². The fourth-order valence-corrected chi connectivity index (χ4v) is 7.80. The normalized spacial score (nSPS) is 24.3. The number of nitrogens with zero attached hydrogens (tertiary/aromatic N) is 3. The number of piperidine rings is 1. The Morgan fingerprint density at radius 3 is 2.28 bits per heavy atom. The Morgan fingerprint density at radius 1 is 1.08 bits per heavy atom. The Bertz CT molecular complexity index is 1150. The van der Waals surface area contributed by atoms with Crippen LogP contribution in [0.25, 0.3) is 0 Å². The van der Waals surface area contributed by atoms with Gasteiger partial charge in [-0.15, -0.1) is 0 Å². The third-order valence-corrected chi connectivity index (χ3v) is 9.47. The van der Waals surface area contributed by atoms with Gasteiger partial charge >= 0.3 is 0 Å². The maximum absolute atomic E-state index is 13.1. The lowest BCUT2D eigenvalue weighted by molar-refractivity contribution is 0.0166. The summed E-state index contributed by atoms with van der Waals surface area (Å²) in [5.74, 6) is 0.441. The number of fused-ring (bicyclic) bond motifs is 1. The minimum absolute atomic E-state index is 0.163. The van der Waals surface area contributed by atoms with E-state index in [0.717, 1.165) is 52.1 Å². The van der Waals surface area contributed by atoms with Gasteiger partial charge in [-0.25, -0.2) is 8.42 Å². The van der Waals surface area contributed by atoms with E-state index in [9.17, 15) is 8.42 Å². The van der Waals surface area contributed by atoms with Gasteiger partial charge in [-0.2, -0.15) is 0 Å². The maximum Gasteiger partial charge on any atom is 0.232 e. The summed E-state index contributed by atoms with van der Waals surface area (Å²) in [7, 11) is -3.47. The summed E-state index contributed by atoms with van der Waals surface area (Å²) in [6.45, 7) is 13.7. The molecule has 36 heavy (non-hydrogen) atoms. The van der Waals surface area contributed by atoms with E-state index in [-0.39, 0.29) is 11.5 Å². The molecular weight excluding hydrogens is 466 g/mol. The summed E-state index contributed by atoms with van der Waals surface area (Å²) in [4.78, 5) is 5.11. The second kappa shape index (κ2) is 11.3. The summed E-state index contributed by atoms with van der Waals surface area (Å²) < 4.78 is 27.9. The molecule has 0 bridgehead atoms. The van der Waals surface area contributed by atoms with Gasteiger partial charge in [-0.3, -0.25) is 9.21 Å². The van der Waals surface area contributed by atoms with E-state index in [4.69, 9.17) is 0 Å². The summed E-state index contributed by atoms with van der Waals surface area (Å²) >= 11 is 0. The van der Waals surface area contributed by atoms with Crippen LogP contribution in [0.4, 0.5) is 0 Å². The SMILES string of the molecule is C=C/C(=C\C)N(C(C)C12CN(CCc3ccccc3)CCC1CN(Cc1ccccc1)C2)S(C)(=O)=O. The third-order valence-electron chi connectivity index (χ3n) is 8.23. The largest absolute Gasteiger partial charge is 0.302 e. The number of likely N-dealkylation sites (tertiary alicyclic amines) is 2. The summed E-state index contributed by atoms with van der Waals surface area (Å²) in [6.07, 6.45) is 6.96. The van der Waals surface area contributed by atoms with Crippen LogP contribution in [-0.2, 0) is 23.0 Å². The number of hydrogen-bond donors (Lipinski definition) is 0. The summed E-state index contributed by atoms with van der Waals surface area (Å²) in [6, 6.07) is 21.1. The van der Waals surface area contributed by atoms with E-state index in [0.29, 0.717) is 11.6 Å². The quantitative estimate of drug-likeness (QED) is 0.434. The zero-order valence-electron chi connectivity index (χ0n) is 22.0. The van der Waals surface area contributed by atoms with Crippen LogP contribution < -0.4 is 0 Å². The van der Waals surface area contributed by atoms with Gasteiger partial charge in [0.05, 0.1) is 12.3 Å². The van der Waals surface area contributed by atoms with Crippen molar-refractivity contribution < 1.29 is 8.42 Å². The molecule has 5 nitrogen and oxygen atoms in total. The van der Waals surface area contributed by atoms with Crippen LogP contribution in [0.5, 0.6) is 0 Å². The van der Waals surface area contributed by atoms with Crippen molar-refractivity contribution in [3.8, 4) is 0 Å². The number of hydrogen-bond acceptors (Lipinski definition) is 4. The van der Waals surface area contributed by atoms with Crippen LogP contribution in [0.1, 0.15) is 31.4 Å². The molecule has 194 valence electrons. The van der Waals surface area contributed by atoms with Crippen LogP contribution in [0.2, 0.25) is 0 Å². The van der Waals surface area contributed by atoms with E-state index >= 15 is 0 Å². The fourth-order valence-electron chi connectivity index (χ4n) is 6.46. The molecule has 0 N–H and O–H groups in total. The zero-order valence-corrected chi connectivity index (χ0v) is 22.8. The van der Waals surface area contributed by atoms with Gasteiger partial charge in [0.1, 0.15) is 0 Å². The molecule has 2 saturated heterocycles. The monoisotopic (exact) mass is 507 g/mol. The van der Waals surface area contributed by atoms with E-state index in [2.05, 4.69) is 84.0 Å². The van der Waals surface area contributed by atoms with Crippen LogP contribution in [0.3, 0.4) is 0 Å². The molecule has 2 heterocycles. The molecule has 2 aliphatic rings. The predicted molar refractivity (Wildman–Crippen MR) is 149 cm³/mol. The van der Waals surface area contributed by atoms with Gasteiger partial charge in [-0.05, 0) is 56.4 Å². The average Bonchev–Trinajstić information content (AvgIpc) is 3.24. The molecule has 0 spiro atoms.